The molecule has 8 heteroatoms. The summed E-state index contributed by atoms with van der Waals surface area (Å²) in [6.07, 6.45) is -3.64. The first-order chi connectivity index (χ1) is 9.24. The second-order valence-electron chi connectivity index (χ2n) is 3.99. The minimum Gasteiger partial charge on any atom is -0.272 e. The van der Waals surface area contributed by atoms with E-state index in [4.69, 9.17) is 0 Å². The van der Waals surface area contributed by atoms with Gasteiger partial charge in [0.15, 0.2) is 5.69 Å². The lowest BCUT2D eigenvalue weighted by Crippen LogP contribution is -2.09. The number of aryl methyl sites for hydroxylation is 1. The van der Waals surface area contributed by atoms with Crippen LogP contribution in [0.3, 0.4) is 0 Å². The van der Waals surface area contributed by atoms with Crippen molar-refractivity contribution in [2.75, 3.05) is 0 Å². The van der Waals surface area contributed by atoms with Crippen molar-refractivity contribution in [2.24, 2.45) is 0 Å². The van der Waals surface area contributed by atoms with Crippen molar-refractivity contribution in [3.63, 3.8) is 0 Å². The molecule has 0 amide bonds. The third kappa shape index (κ3) is 2.70. The molecule has 0 radical (unpaired) electrons. The van der Waals surface area contributed by atoms with Crippen LogP contribution >= 0.6 is 15.9 Å². The van der Waals surface area contributed by atoms with Gasteiger partial charge in [-0.3, -0.25) is 4.68 Å². The van der Waals surface area contributed by atoms with E-state index in [0.717, 1.165) is 16.9 Å². The Labute approximate surface area is 119 Å². The smallest absolute Gasteiger partial charge is 0.272 e. The van der Waals surface area contributed by atoms with E-state index in [1.165, 1.54) is 0 Å². The summed E-state index contributed by atoms with van der Waals surface area (Å²) in [5.74, 6) is -1.97. The fourth-order valence-electron chi connectivity index (χ4n) is 1.78. The molecule has 0 spiro atoms. The lowest BCUT2D eigenvalue weighted by atomic mass is 10.1. The molecule has 2 rings (SSSR count). The number of alkyl halides is 3. The van der Waals surface area contributed by atoms with Crippen molar-refractivity contribution in [1.29, 1.82) is 0 Å². The Kier molecular flexibility index (Phi) is 3.86. The van der Waals surface area contributed by atoms with E-state index < -0.39 is 29.1 Å². The predicted molar refractivity (Wildman–Crippen MR) is 66.0 cm³/mol. The summed E-state index contributed by atoms with van der Waals surface area (Å²) in [4.78, 5) is 0. The van der Waals surface area contributed by atoms with Crippen LogP contribution in [0.15, 0.2) is 22.8 Å². The monoisotopic (exact) mass is 354 g/mol. The fourth-order valence-corrected chi connectivity index (χ4v) is 2.40. The van der Waals surface area contributed by atoms with Crippen LogP contribution in [-0.2, 0) is 12.7 Å². The highest BCUT2D eigenvalue weighted by Crippen LogP contribution is 2.40. The van der Waals surface area contributed by atoms with Gasteiger partial charge in [-0.2, -0.15) is 18.3 Å². The first-order valence-electron chi connectivity index (χ1n) is 5.53. The average molecular weight is 355 g/mol. The van der Waals surface area contributed by atoms with Crippen LogP contribution in [0.4, 0.5) is 22.0 Å². The van der Waals surface area contributed by atoms with Crippen molar-refractivity contribution in [3.8, 4) is 11.1 Å². The molecule has 2 nitrogen and oxygen atoms in total. The van der Waals surface area contributed by atoms with Gasteiger partial charge in [-0.25, -0.2) is 8.78 Å². The van der Waals surface area contributed by atoms with Gasteiger partial charge < -0.3 is 0 Å². The summed E-state index contributed by atoms with van der Waals surface area (Å²) in [6, 6.07) is 1.44. The van der Waals surface area contributed by atoms with Crippen molar-refractivity contribution in [2.45, 2.75) is 19.6 Å². The van der Waals surface area contributed by atoms with Gasteiger partial charge in [0.2, 0.25) is 0 Å². The van der Waals surface area contributed by atoms with Crippen LogP contribution in [0.5, 0.6) is 0 Å². The topological polar surface area (TPSA) is 17.8 Å². The Morgan fingerprint density at radius 3 is 2.40 bits per heavy atom. The van der Waals surface area contributed by atoms with Gasteiger partial charge in [0.25, 0.3) is 0 Å². The normalized spacial score (nSPS) is 11.9. The molecular formula is C12H8BrF5N2. The molecule has 2 aromatic rings. The summed E-state index contributed by atoms with van der Waals surface area (Å²) in [7, 11) is 0. The molecule has 0 saturated heterocycles. The van der Waals surface area contributed by atoms with Crippen LogP contribution in [0, 0.1) is 11.6 Å². The predicted octanol–water partition coefficient (Wildman–Crippen LogP) is 4.63. The minimum atomic E-state index is -4.73. The molecule has 0 aliphatic rings. The standard InChI is InChI=1S/C12H8BrF5N2/c1-2-20-5-7(11(19-20)12(16,17)18)10-8(13)3-6(14)4-9(10)15/h3-5H,2H2,1H3. The summed E-state index contributed by atoms with van der Waals surface area (Å²) in [5, 5.41) is 3.39. The summed E-state index contributed by atoms with van der Waals surface area (Å²) in [5.41, 5.74) is -1.99. The van der Waals surface area contributed by atoms with E-state index >= 15 is 0 Å². The van der Waals surface area contributed by atoms with Crippen LogP contribution in [0.2, 0.25) is 0 Å². The maximum Gasteiger partial charge on any atom is 0.435 e. The maximum atomic E-state index is 13.8. The molecular weight excluding hydrogens is 347 g/mol. The number of hydrogen-bond acceptors (Lipinski definition) is 1. The minimum absolute atomic E-state index is 0.101. The molecule has 0 unspecified atom stereocenters. The molecule has 1 heterocycles. The van der Waals surface area contributed by atoms with E-state index in [-0.39, 0.29) is 16.6 Å². The summed E-state index contributed by atoms with van der Waals surface area (Å²) >= 11 is 2.88. The molecule has 0 bridgehead atoms. The third-order valence-electron chi connectivity index (χ3n) is 2.63. The quantitative estimate of drug-likeness (QED) is 0.719. The Morgan fingerprint density at radius 2 is 1.90 bits per heavy atom. The maximum absolute atomic E-state index is 13.8. The van der Waals surface area contributed by atoms with Gasteiger partial charge >= 0.3 is 6.18 Å². The Hall–Kier alpha value is -1.44. The number of hydrogen-bond donors (Lipinski definition) is 0. The lowest BCUT2D eigenvalue weighted by molar-refractivity contribution is -0.141. The van der Waals surface area contributed by atoms with E-state index in [2.05, 4.69) is 21.0 Å². The first kappa shape index (κ1) is 15.0. The highest BCUT2D eigenvalue weighted by Gasteiger charge is 2.38. The molecule has 0 atom stereocenters. The summed E-state index contributed by atoms with van der Waals surface area (Å²) < 4.78 is 66.6. The lowest BCUT2D eigenvalue weighted by Gasteiger charge is -2.09. The molecule has 1 aromatic heterocycles. The zero-order valence-corrected chi connectivity index (χ0v) is 11.7. The van der Waals surface area contributed by atoms with Crippen LogP contribution in [-0.4, -0.2) is 9.78 Å². The number of halogens is 6. The van der Waals surface area contributed by atoms with Crippen molar-refractivity contribution >= 4 is 15.9 Å². The van der Waals surface area contributed by atoms with Gasteiger partial charge in [0, 0.05) is 34.4 Å². The molecule has 1 aromatic carbocycles. The number of aromatic nitrogens is 2. The van der Waals surface area contributed by atoms with Gasteiger partial charge in [-0.15, -0.1) is 0 Å². The largest absolute Gasteiger partial charge is 0.435 e. The SMILES string of the molecule is CCn1cc(-c2c(F)cc(F)cc2Br)c(C(F)(F)F)n1. The van der Waals surface area contributed by atoms with Crippen molar-refractivity contribution < 1.29 is 22.0 Å². The number of rotatable bonds is 2. The number of benzene rings is 1. The highest BCUT2D eigenvalue weighted by molar-refractivity contribution is 9.10. The molecule has 0 aliphatic heterocycles. The average Bonchev–Trinajstić information content (AvgIpc) is 2.71. The Bertz CT molecular complexity index is 625. The zero-order valence-electron chi connectivity index (χ0n) is 10.1. The van der Waals surface area contributed by atoms with Gasteiger partial charge in [0.05, 0.1) is 0 Å². The molecule has 108 valence electrons. The molecule has 0 fully saturated rings. The second-order valence-corrected chi connectivity index (χ2v) is 4.84. The van der Waals surface area contributed by atoms with Crippen LogP contribution in [0.25, 0.3) is 11.1 Å². The first-order valence-corrected chi connectivity index (χ1v) is 6.33. The highest BCUT2D eigenvalue weighted by atomic mass is 79.9. The zero-order chi connectivity index (χ0) is 15.1. The second kappa shape index (κ2) is 5.16. The summed E-state index contributed by atoms with van der Waals surface area (Å²) in [6.45, 7) is 1.80. The van der Waals surface area contributed by atoms with E-state index in [0.29, 0.717) is 6.07 Å². The Morgan fingerprint density at radius 1 is 1.25 bits per heavy atom. The van der Waals surface area contributed by atoms with Gasteiger partial charge in [0.1, 0.15) is 11.6 Å². The number of nitrogens with zero attached hydrogens (tertiary/aromatic N) is 2. The molecule has 0 N–H and O–H groups in total. The van der Waals surface area contributed by atoms with Crippen molar-refractivity contribution in [3.05, 3.63) is 40.1 Å². The third-order valence-corrected chi connectivity index (χ3v) is 3.26. The molecule has 20 heavy (non-hydrogen) atoms. The fraction of sp³-hybridized carbons (Fsp3) is 0.250. The van der Waals surface area contributed by atoms with Crippen LogP contribution < -0.4 is 0 Å². The van der Waals surface area contributed by atoms with E-state index in [1.807, 2.05) is 0 Å². The molecule has 0 saturated carbocycles. The van der Waals surface area contributed by atoms with Gasteiger partial charge in [-0.05, 0) is 28.9 Å². The van der Waals surface area contributed by atoms with Crippen LogP contribution in [0.1, 0.15) is 12.6 Å². The molecule has 0 aliphatic carbocycles. The van der Waals surface area contributed by atoms with Crippen molar-refractivity contribution in [1.82, 2.24) is 9.78 Å². The van der Waals surface area contributed by atoms with E-state index in [1.54, 1.807) is 6.92 Å². The van der Waals surface area contributed by atoms with Gasteiger partial charge in [-0.1, -0.05) is 0 Å². The van der Waals surface area contributed by atoms with E-state index in [9.17, 15) is 22.0 Å². The Balaban J connectivity index is 2.73.